The predicted molar refractivity (Wildman–Crippen MR) is 186 cm³/mol. The number of aromatic hydroxyl groups is 2. The van der Waals surface area contributed by atoms with Crippen molar-refractivity contribution in [3.05, 3.63) is 94.4 Å². The van der Waals surface area contributed by atoms with Crippen molar-refractivity contribution in [2.24, 2.45) is 5.92 Å². The molecule has 0 bridgehead atoms. The lowest BCUT2D eigenvalue weighted by Crippen LogP contribution is -2.51. The standard InChI is InChI=1S/C33H35N5O8S3/c1-20(2)16-38(17-29(41)28(10-21-6-4-3-5-7-21)36-33(43)46-18-25-15-34-19-47-25)49(44,45)26-8-9-27-30(14-26)48-32(35-27)37-31(42)22-11-23(39)13-24(40)12-22/h3-9,11-15,19-20,28-29,39-41H,10,16-18H2,1-2H3,(H,36,43)(H,35,37,42)/t28-,29+/m0/s1. The third-order valence-corrected chi connectivity index (χ3v) is 10.8. The van der Waals surface area contributed by atoms with Gasteiger partial charge in [0.2, 0.25) is 10.0 Å². The van der Waals surface area contributed by atoms with E-state index in [9.17, 15) is 33.3 Å². The van der Waals surface area contributed by atoms with E-state index < -0.39 is 34.2 Å². The van der Waals surface area contributed by atoms with Crippen LogP contribution in [-0.4, -0.2) is 75.2 Å². The van der Waals surface area contributed by atoms with Crippen LogP contribution in [0.15, 0.2) is 83.3 Å². The molecule has 2 aromatic heterocycles. The number of phenolic OH excluding ortho intramolecular Hbond substituents is 2. The highest BCUT2D eigenvalue weighted by molar-refractivity contribution is 7.89. The van der Waals surface area contributed by atoms with Gasteiger partial charge in [-0.2, -0.15) is 4.31 Å². The maximum absolute atomic E-state index is 14.1. The quantitative estimate of drug-likeness (QED) is 0.105. The fourth-order valence-corrected chi connectivity index (χ4v) is 8.10. The molecular weight excluding hydrogens is 691 g/mol. The van der Waals surface area contributed by atoms with Gasteiger partial charge in [-0.15, -0.1) is 11.3 Å². The molecule has 13 nitrogen and oxygen atoms in total. The zero-order chi connectivity index (χ0) is 35.1. The number of amides is 2. The van der Waals surface area contributed by atoms with E-state index in [1.165, 1.54) is 46.0 Å². The Morgan fingerprint density at radius 1 is 1.00 bits per heavy atom. The number of aromatic nitrogens is 2. The second kappa shape index (κ2) is 15.7. The molecule has 2 heterocycles. The largest absolute Gasteiger partial charge is 0.508 e. The van der Waals surface area contributed by atoms with E-state index in [0.717, 1.165) is 27.8 Å². The highest BCUT2D eigenvalue weighted by Crippen LogP contribution is 2.31. The van der Waals surface area contributed by atoms with E-state index in [2.05, 4.69) is 20.6 Å². The number of aliphatic hydroxyl groups excluding tert-OH is 1. The van der Waals surface area contributed by atoms with Crippen molar-refractivity contribution in [3.63, 3.8) is 0 Å². The molecule has 49 heavy (non-hydrogen) atoms. The van der Waals surface area contributed by atoms with Crippen LogP contribution in [0, 0.1) is 5.92 Å². The van der Waals surface area contributed by atoms with Crippen LogP contribution in [0.5, 0.6) is 11.5 Å². The number of fused-ring (bicyclic) bond motifs is 1. The number of benzene rings is 3. The van der Waals surface area contributed by atoms with Gasteiger partial charge < -0.3 is 25.4 Å². The monoisotopic (exact) mass is 725 g/mol. The van der Waals surface area contributed by atoms with E-state index >= 15 is 0 Å². The molecule has 0 radical (unpaired) electrons. The van der Waals surface area contributed by atoms with Crippen LogP contribution >= 0.6 is 22.7 Å². The summed E-state index contributed by atoms with van der Waals surface area (Å²) in [5.74, 6) is -1.29. The van der Waals surface area contributed by atoms with Gasteiger partial charge in [-0.25, -0.2) is 18.2 Å². The molecule has 0 aliphatic heterocycles. The summed E-state index contributed by atoms with van der Waals surface area (Å²) in [6.45, 7) is 3.50. The van der Waals surface area contributed by atoms with Gasteiger partial charge in [0, 0.05) is 30.9 Å². The van der Waals surface area contributed by atoms with Crippen LogP contribution in [-0.2, 0) is 27.8 Å². The fourth-order valence-electron chi connectivity index (χ4n) is 4.97. The number of hydrogen-bond donors (Lipinski definition) is 5. The highest BCUT2D eigenvalue weighted by atomic mass is 32.2. The summed E-state index contributed by atoms with van der Waals surface area (Å²) in [5, 5.41) is 36.4. The van der Waals surface area contributed by atoms with Crippen molar-refractivity contribution < 1.29 is 38.1 Å². The van der Waals surface area contributed by atoms with Gasteiger partial charge in [0.05, 0.1) is 37.6 Å². The van der Waals surface area contributed by atoms with Gasteiger partial charge in [0.25, 0.3) is 5.91 Å². The highest BCUT2D eigenvalue weighted by Gasteiger charge is 2.32. The molecule has 3 aromatic carbocycles. The van der Waals surface area contributed by atoms with Gasteiger partial charge in [-0.1, -0.05) is 55.5 Å². The summed E-state index contributed by atoms with van der Waals surface area (Å²) in [4.78, 5) is 34.5. The van der Waals surface area contributed by atoms with Crippen molar-refractivity contribution in [1.82, 2.24) is 19.6 Å². The van der Waals surface area contributed by atoms with Crippen LogP contribution in [0.3, 0.4) is 0 Å². The molecule has 16 heteroatoms. The Morgan fingerprint density at radius 3 is 2.41 bits per heavy atom. The lowest BCUT2D eigenvalue weighted by atomic mass is 10.0. The first-order valence-corrected chi connectivity index (χ1v) is 18.3. The summed E-state index contributed by atoms with van der Waals surface area (Å²) in [5.41, 5.74) is 2.90. The Bertz CT molecular complexity index is 1980. The van der Waals surface area contributed by atoms with E-state index in [1.54, 1.807) is 11.7 Å². The van der Waals surface area contributed by atoms with Gasteiger partial charge in [-0.3, -0.25) is 15.1 Å². The average molecular weight is 726 g/mol. The molecule has 2 atom stereocenters. The van der Waals surface area contributed by atoms with Crippen LogP contribution < -0.4 is 10.6 Å². The van der Waals surface area contributed by atoms with Crippen LogP contribution in [0.1, 0.15) is 34.6 Å². The van der Waals surface area contributed by atoms with Gasteiger partial charge in [0.15, 0.2) is 5.13 Å². The molecule has 0 unspecified atom stereocenters. The number of alkyl carbamates (subject to hydrolysis) is 1. The summed E-state index contributed by atoms with van der Waals surface area (Å²) in [6.07, 6.45) is -0.259. The molecule has 2 amide bonds. The number of anilines is 1. The Balaban J connectivity index is 1.35. The number of nitrogens with zero attached hydrogens (tertiary/aromatic N) is 3. The van der Waals surface area contributed by atoms with Crippen molar-refractivity contribution in [3.8, 4) is 11.5 Å². The topological polar surface area (TPSA) is 191 Å². The number of thiazole rings is 2. The summed E-state index contributed by atoms with van der Waals surface area (Å²) >= 11 is 2.38. The summed E-state index contributed by atoms with van der Waals surface area (Å²) in [6, 6.07) is 16.2. The third kappa shape index (κ3) is 9.51. The van der Waals surface area contributed by atoms with Crippen LogP contribution in [0.4, 0.5) is 9.93 Å². The first-order chi connectivity index (χ1) is 23.4. The molecule has 5 aromatic rings. The number of nitrogens with one attached hydrogen (secondary N) is 2. The molecule has 0 fully saturated rings. The maximum Gasteiger partial charge on any atom is 0.407 e. The van der Waals surface area contributed by atoms with Gasteiger partial charge in [0.1, 0.15) is 18.1 Å². The number of ether oxygens (including phenoxy) is 1. The minimum absolute atomic E-state index is 0.00337. The van der Waals surface area contributed by atoms with Crippen molar-refractivity contribution in [2.45, 2.75) is 43.9 Å². The number of aliphatic hydroxyl groups is 1. The van der Waals surface area contributed by atoms with Crippen molar-refractivity contribution in [2.75, 3.05) is 18.4 Å². The second-order valence-electron chi connectivity index (χ2n) is 11.6. The van der Waals surface area contributed by atoms with Crippen LogP contribution in [0.25, 0.3) is 10.2 Å². The van der Waals surface area contributed by atoms with Crippen LogP contribution in [0.2, 0.25) is 0 Å². The first kappa shape index (κ1) is 35.7. The molecule has 5 N–H and O–H groups in total. The Hall–Kier alpha value is -4.61. The smallest absolute Gasteiger partial charge is 0.407 e. The molecule has 5 rings (SSSR count). The number of rotatable bonds is 14. The maximum atomic E-state index is 14.1. The fraction of sp³-hybridized carbons (Fsp3) is 0.273. The normalized spacial score (nSPS) is 13.0. The van der Waals surface area contributed by atoms with E-state index in [-0.39, 0.29) is 59.1 Å². The minimum Gasteiger partial charge on any atom is -0.508 e. The molecule has 0 saturated heterocycles. The molecule has 0 spiro atoms. The number of carbonyl (C=O) groups is 2. The predicted octanol–water partition coefficient (Wildman–Crippen LogP) is 4.96. The van der Waals surface area contributed by atoms with Crippen molar-refractivity contribution >= 4 is 60.0 Å². The SMILES string of the molecule is CC(C)CN(C[C@@H](O)[C@H](Cc1ccccc1)NC(=O)OCc1cncs1)S(=O)(=O)c1ccc2nc(NC(=O)c3cc(O)cc(O)c3)sc2c1. The average Bonchev–Trinajstić information content (AvgIpc) is 3.72. The summed E-state index contributed by atoms with van der Waals surface area (Å²) in [7, 11) is -4.16. The number of sulfonamides is 1. The zero-order valence-corrected chi connectivity index (χ0v) is 29.0. The Morgan fingerprint density at radius 2 is 1.73 bits per heavy atom. The second-order valence-corrected chi connectivity index (χ2v) is 15.5. The van der Waals surface area contributed by atoms with Crippen molar-refractivity contribution in [1.29, 1.82) is 0 Å². The Kier molecular flexibility index (Phi) is 11.5. The zero-order valence-electron chi connectivity index (χ0n) is 26.5. The third-order valence-electron chi connectivity index (χ3n) is 7.24. The number of carbonyl (C=O) groups excluding carboxylic acids is 2. The van der Waals surface area contributed by atoms with E-state index in [4.69, 9.17) is 4.74 Å². The van der Waals surface area contributed by atoms with E-state index in [0.29, 0.717) is 10.2 Å². The molecular formula is C33H35N5O8S3. The molecule has 0 aliphatic rings. The van der Waals surface area contributed by atoms with Gasteiger partial charge in [-0.05, 0) is 48.2 Å². The number of hydrogen-bond acceptors (Lipinski definition) is 12. The minimum atomic E-state index is -4.16. The number of phenols is 2. The molecule has 258 valence electrons. The van der Waals surface area contributed by atoms with E-state index in [1.807, 2.05) is 44.2 Å². The van der Waals surface area contributed by atoms with Gasteiger partial charge >= 0.3 is 6.09 Å². The summed E-state index contributed by atoms with van der Waals surface area (Å²) < 4.78 is 35.2. The molecule has 0 saturated carbocycles. The lowest BCUT2D eigenvalue weighted by molar-refractivity contribution is 0.0876. The molecule has 0 aliphatic carbocycles. The lowest BCUT2D eigenvalue weighted by Gasteiger charge is -2.30. The Labute approximate surface area is 290 Å². The first-order valence-electron chi connectivity index (χ1n) is 15.1.